The Bertz CT molecular complexity index is 990. The molecule has 0 saturated heterocycles. The molecular formula is C26H30N2O2. The molecule has 1 aliphatic carbocycles. The topological polar surface area (TPSA) is 43.3 Å². The lowest BCUT2D eigenvalue weighted by Gasteiger charge is -2.21. The van der Waals surface area contributed by atoms with Crippen LogP contribution in [0.5, 0.6) is 0 Å². The minimum atomic E-state index is -0.0377. The maximum Gasteiger partial charge on any atom is 0.251 e. The highest BCUT2D eigenvalue weighted by atomic mass is 16.5. The van der Waals surface area contributed by atoms with Gasteiger partial charge in [0.25, 0.3) is 5.91 Å². The Morgan fingerprint density at radius 1 is 1.13 bits per heavy atom. The summed E-state index contributed by atoms with van der Waals surface area (Å²) < 4.78 is 7.42. The van der Waals surface area contributed by atoms with Gasteiger partial charge in [-0.1, -0.05) is 37.3 Å². The summed E-state index contributed by atoms with van der Waals surface area (Å²) in [5, 5.41) is 2.95. The number of rotatable bonds is 7. The number of methoxy groups -OCH3 is 1. The summed E-state index contributed by atoms with van der Waals surface area (Å²) in [5.74, 6) is 0.686. The molecule has 4 rings (SSSR count). The number of nitrogens with one attached hydrogen (secondary N) is 1. The van der Waals surface area contributed by atoms with E-state index in [9.17, 15) is 4.79 Å². The van der Waals surface area contributed by atoms with Crippen molar-refractivity contribution in [2.45, 2.75) is 32.6 Å². The Labute approximate surface area is 178 Å². The number of benzene rings is 2. The van der Waals surface area contributed by atoms with E-state index in [0.717, 1.165) is 30.9 Å². The van der Waals surface area contributed by atoms with Gasteiger partial charge in [0.15, 0.2) is 0 Å². The molecule has 3 aromatic rings. The molecule has 0 fully saturated rings. The molecule has 1 aliphatic rings. The predicted octanol–water partition coefficient (Wildman–Crippen LogP) is 5.04. The Morgan fingerprint density at radius 2 is 1.90 bits per heavy atom. The fourth-order valence-corrected chi connectivity index (χ4v) is 4.31. The van der Waals surface area contributed by atoms with Crippen LogP contribution in [0.2, 0.25) is 0 Å². The van der Waals surface area contributed by atoms with Crippen LogP contribution in [0, 0.1) is 5.92 Å². The summed E-state index contributed by atoms with van der Waals surface area (Å²) >= 11 is 0. The van der Waals surface area contributed by atoms with Crippen molar-refractivity contribution in [3.63, 3.8) is 0 Å². The Hall–Kier alpha value is -2.85. The molecule has 0 aliphatic heterocycles. The number of ether oxygens (including phenoxy) is 1. The average Bonchev–Trinajstić information content (AvgIpc) is 3.16. The Morgan fingerprint density at radius 3 is 2.63 bits per heavy atom. The van der Waals surface area contributed by atoms with Crippen LogP contribution < -0.4 is 5.32 Å². The minimum absolute atomic E-state index is 0.0377. The molecule has 156 valence electrons. The van der Waals surface area contributed by atoms with Crippen molar-refractivity contribution in [3.05, 3.63) is 77.5 Å². The van der Waals surface area contributed by atoms with Gasteiger partial charge in [-0.05, 0) is 73.1 Å². The zero-order chi connectivity index (χ0) is 20.9. The second-order valence-electron chi connectivity index (χ2n) is 8.20. The lowest BCUT2D eigenvalue weighted by atomic mass is 9.89. The van der Waals surface area contributed by atoms with Gasteiger partial charge in [-0.3, -0.25) is 4.79 Å². The van der Waals surface area contributed by atoms with Gasteiger partial charge < -0.3 is 14.6 Å². The second kappa shape index (κ2) is 9.31. The van der Waals surface area contributed by atoms with Crippen LogP contribution in [0.1, 0.15) is 41.4 Å². The van der Waals surface area contributed by atoms with E-state index < -0.39 is 0 Å². The summed E-state index contributed by atoms with van der Waals surface area (Å²) in [5.41, 5.74) is 7.11. The molecule has 0 saturated carbocycles. The average molecular weight is 403 g/mol. The number of carbonyl (C=O) groups is 1. The van der Waals surface area contributed by atoms with Crippen LogP contribution in [0.3, 0.4) is 0 Å². The van der Waals surface area contributed by atoms with E-state index in [1.807, 2.05) is 12.1 Å². The van der Waals surface area contributed by atoms with Crippen molar-refractivity contribution in [3.8, 4) is 16.9 Å². The van der Waals surface area contributed by atoms with E-state index in [-0.39, 0.29) is 5.91 Å². The third kappa shape index (κ3) is 4.34. The third-order valence-electron chi connectivity index (χ3n) is 5.90. The number of hydrogen-bond acceptors (Lipinski definition) is 2. The smallest absolute Gasteiger partial charge is 0.251 e. The van der Waals surface area contributed by atoms with Crippen LogP contribution in [0.15, 0.2) is 60.7 Å². The number of carbonyl (C=O) groups excluding carboxylic acids is 1. The number of aromatic nitrogens is 1. The van der Waals surface area contributed by atoms with E-state index in [4.69, 9.17) is 4.74 Å². The van der Waals surface area contributed by atoms with Gasteiger partial charge in [-0.25, -0.2) is 0 Å². The Balaban J connectivity index is 1.64. The molecule has 1 aromatic heterocycles. The molecule has 0 spiro atoms. The quantitative estimate of drug-likeness (QED) is 0.563. The normalized spacial score (nSPS) is 15.6. The van der Waals surface area contributed by atoms with Gasteiger partial charge in [0, 0.05) is 37.2 Å². The van der Waals surface area contributed by atoms with Crippen molar-refractivity contribution in [2.24, 2.45) is 5.92 Å². The van der Waals surface area contributed by atoms with Gasteiger partial charge in [-0.15, -0.1) is 0 Å². The van der Waals surface area contributed by atoms with Gasteiger partial charge in [-0.2, -0.15) is 0 Å². The van der Waals surface area contributed by atoms with E-state index in [1.165, 1.54) is 28.9 Å². The summed E-state index contributed by atoms with van der Waals surface area (Å²) in [4.78, 5) is 12.4. The molecule has 2 aromatic carbocycles. The van der Waals surface area contributed by atoms with Crippen molar-refractivity contribution < 1.29 is 9.53 Å². The molecule has 1 atom stereocenters. The zero-order valence-corrected chi connectivity index (χ0v) is 17.9. The third-order valence-corrected chi connectivity index (χ3v) is 5.90. The molecule has 0 unspecified atom stereocenters. The van der Waals surface area contributed by atoms with Crippen molar-refractivity contribution in [1.82, 2.24) is 9.88 Å². The van der Waals surface area contributed by atoms with Crippen LogP contribution in [0.4, 0.5) is 0 Å². The maximum atomic E-state index is 12.4. The molecule has 1 amide bonds. The lowest BCUT2D eigenvalue weighted by molar-refractivity contribution is 0.0948. The highest BCUT2D eigenvalue weighted by Gasteiger charge is 2.23. The molecule has 1 N–H and O–H groups in total. The SMILES string of the molecule is COCCCNC(=O)c1ccc(-n2c(-c3ccccc3)cc3c2CC[C@H](C)C3)cc1. The van der Waals surface area contributed by atoms with Gasteiger partial charge >= 0.3 is 0 Å². The standard InChI is InChI=1S/C26H30N2O2/c1-19-9-14-24-22(17-19)18-25(20-7-4-3-5-8-20)28(24)23-12-10-21(11-13-23)26(29)27-15-6-16-30-2/h3-5,7-8,10-13,18-19H,6,9,14-17H2,1-2H3,(H,27,29)/t19-/m0/s1. The molecule has 0 bridgehead atoms. The fraction of sp³-hybridized carbons (Fsp3) is 0.346. The summed E-state index contributed by atoms with van der Waals surface area (Å²) in [7, 11) is 1.67. The van der Waals surface area contributed by atoms with Crippen molar-refractivity contribution in [1.29, 1.82) is 0 Å². The fourth-order valence-electron chi connectivity index (χ4n) is 4.31. The molecule has 4 heteroatoms. The number of fused-ring (bicyclic) bond motifs is 1. The van der Waals surface area contributed by atoms with Crippen molar-refractivity contribution >= 4 is 5.91 Å². The highest BCUT2D eigenvalue weighted by Crippen LogP contribution is 2.35. The molecule has 0 radical (unpaired) electrons. The summed E-state index contributed by atoms with van der Waals surface area (Å²) in [6.45, 7) is 3.61. The zero-order valence-electron chi connectivity index (χ0n) is 17.9. The maximum absolute atomic E-state index is 12.4. The number of hydrogen-bond donors (Lipinski definition) is 1. The largest absolute Gasteiger partial charge is 0.385 e. The van der Waals surface area contributed by atoms with Crippen LogP contribution in [0.25, 0.3) is 16.9 Å². The molecular weight excluding hydrogens is 372 g/mol. The van der Waals surface area contributed by atoms with Gasteiger partial charge in [0.2, 0.25) is 0 Å². The van der Waals surface area contributed by atoms with Crippen LogP contribution in [-0.4, -0.2) is 30.7 Å². The van der Waals surface area contributed by atoms with Gasteiger partial charge in [0.05, 0.1) is 5.69 Å². The molecule has 30 heavy (non-hydrogen) atoms. The number of amides is 1. The molecule has 4 nitrogen and oxygen atoms in total. The first-order valence-corrected chi connectivity index (χ1v) is 10.8. The second-order valence-corrected chi connectivity index (χ2v) is 8.20. The van der Waals surface area contributed by atoms with E-state index in [0.29, 0.717) is 18.7 Å². The first kappa shape index (κ1) is 20.4. The lowest BCUT2D eigenvalue weighted by Crippen LogP contribution is -2.25. The van der Waals surface area contributed by atoms with Gasteiger partial charge in [0.1, 0.15) is 0 Å². The predicted molar refractivity (Wildman–Crippen MR) is 121 cm³/mol. The number of nitrogens with zero attached hydrogens (tertiary/aromatic N) is 1. The van der Waals surface area contributed by atoms with E-state index in [1.54, 1.807) is 7.11 Å². The van der Waals surface area contributed by atoms with E-state index >= 15 is 0 Å². The highest BCUT2D eigenvalue weighted by molar-refractivity contribution is 5.94. The summed E-state index contributed by atoms with van der Waals surface area (Å²) in [6.07, 6.45) is 4.25. The molecule has 1 heterocycles. The van der Waals surface area contributed by atoms with Crippen LogP contribution in [-0.2, 0) is 17.6 Å². The van der Waals surface area contributed by atoms with Crippen molar-refractivity contribution in [2.75, 3.05) is 20.3 Å². The first-order valence-electron chi connectivity index (χ1n) is 10.8. The Kier molecular flexibility index (Phi) is 6.34. The first-order chi connectivity index (χ1) is 14.7. The van der Waals surface area contributed by atoms with E-state index in [2.05, 4.69) is 65.3 Å². The van der Waals surface area contributed by atoms with Crippen LogP contribution >= 0.6 is 0 Å². The summed E-state index contributed by atoms with van der Waals surface area (Å²) in [6, 6.07) is 20.9. The monoisotopic (exact) mass is 402 g/mol. The minimum Gasteiger partial charge on any atom is -0.385 e.